The van der Waals surface area contributed by atoms with Gasteiger partial charge in [0.2, 0.25) is 0 Å². The Hall–Kier alpha value is -1.97. The van der Waals surface area contributed by atoms with Crippen LogP contribution in [0.2, 0.25) is 0 Å². The molecule has 0 radical (unpaired) electrons. The molecule has 0 heterocycles. The predicted molar refractivity (Wildman–Crippen MR) is 82.8 cm³/mol. The van der Waals surface area contributed by atoms with Crippen molar-refractivity contribution in [3.8, 4) is 0 Å². The minimum absolute atomic E-state index is 0.303. The first kappa shape index (κ1) is 15.4. The summed E-state index contributed by atoms with van der Waals surface area (Å²) in [7, 11) is 0. The Morgan fingerprint density at radius 3 is 2.76 bits per heavy atom. The summed E-state index contributed by atoms with van der Waals surface area (Å²) in [6.45, 7) is 2.18. The number of halogens is 1. The molecule has 1 amide bonds. The number of hydrogen-bond donors (Lipinski definition) is 1. The van der Waals surface area contributed by atoms with Crippen LogP contribution in [0.25, 0.3) is 0 Å². The number of unbranched alkanes of at least 4 members (excludes halogenated alkanes) is 2. The van der Waals surface area contributed by atoms with Crippen LogP contribution in [-0.4, -0.2) is 11.6 Å². The van der Waals surface area contributed by atoms with Gasteiger partial charge in [-0.15, -0.1) is 0 Å². The van der Waals surface area contributed by atoms with Gasteiger partial charge in [0.15, 0.2) is 0 Å². The van der Waals surface area contributed by atoms with Gasteiger partial charge in [-0.1, -0.05) is 25.8 Å². The standard InChI is InChI=1S/C17H21FN2O/c1-2-3-4-6-13-7-5-8-16(13)19-20-17(21)14-9-11-15(18)12-10-14/h7,9-12H,2-6,8H2,1H3,(H,20,21). The van der Waals surface area contributed by atoms with E-state index < -0.39 is 0 Å². The average molecular weight is 288 g/mol. The van der Waals surface area contributed by atoms with Crippen molar-refractivity contribution in [1.82, 2.24) is 5.43 Å². The highest BCUT2D eigenvalue weighted by Gasteiger charge is 2.13. The van der Waals surface area contributed by atoms with E-state index >= 15 is 0 Å². The second kappa shape index (κ2) is 7.72. The van der Waals surface area contributed by atoms with E-state index in [1.54, 1.807) is 0 Å². The van der Waals surface area contributed by atoms with E-state index in [1.807, 2.05) is 0 Å². The van der Waals surface area contributed by atoms with Gasteiger partial charge in [-0.25, -0.2) is 9.82 Å². The number of hydrazone groups is 1. The van der Waals surface area contributed by atoms with Crippen molar-refractivity contribution in [2.75, 3.05) is 0 Å². The fourth-order valence-electron chi connectivity index (χ4n) is 2.39. The zero-order chi connectivity index (χ0) is 15.1. The lowest BCUT2D eigenvalue weighted by Gasteiger charge is -2.05. The Kier molecular flexibility index (Phi) is 5.67. The second-order valence-corrected chi connectivity index (χ2v) is 5.23. The Balaban J connectivity index is 1.92. The quantitative estimate of drug-likeness (QED) is 0.618. The van der Waals surface area contributed by atoms with E-state index in [2.05, 4.69) is 23.5 Å². The Bertz CT molecular complexity index is 546. The summed E-state index contributed by atoms with van der Waals surface area (Å²) < 4.78 is 12.8. The number of amides is 1. The van der Waals surface area contributed by atoms with Crippen LogP contribution in [0.15, 0.2) is 41.0 Å². The average Bonchev–Trinajstić information content (AvgIpc) is 2.93. The number of carbonyl (C=O) groups is 1. The highest BCUT2D eigenvalue weighted by atomic mass is 19.1. The molecule has 0 bridgehead atoms. The van der Waals surface area contributed by atoms with Crippen LogP contribution < -0.4 is 5.43 Å². The van der Waals surface area contributed by atoms with Gasteiger partial charge >= 0.3 is 0 Å². The monoisotopic (exact) mass is 288 g/mol. The molecule has 2 rings (SSSR count). The highest BCUT2D eigenvalue weighted by Crippen LogP contribution is 2.21. The summed E-state index contributed by atoms with van der Waals surface area (Å²) in [4.78, 5) is 11.9. The maximum atomic E-state index is 12.8. The van der Waals surface area contributed by atoms with E-state index in [4.69, 9.17) is 0 Å². The Morgan fingerprint density at radius 2 is 2.05 bits per heavy atom. The first-order valence-electron chi connectivity index (χ1n) is 7.52. The zero-order valence-electron chi connectivity index (χ0n) is 12.4. The third-order valence-electron chi connectivity index (χ3n) is 3.59. The Morgan fingerprint density at radius 1 is 1.29 bits per heavy atom. The van der Waals surface area contributed by atoms with Crippen molar-refractivity contribution in [2.24, 2.45) is 5.10 Å². The summed E-state index contributed by atoms with van der Waals surface area (Å²) in [5, 5.41) is 4.24. The summed E-state index contributed by atoms with van der Waals surface area (Å²) in [6, 6.07) is 5.45. The van der Waals surface area contributed by atoms with Gasteiger partial charge in [-0.05, 0) is 55.5 Å². The summed E-state index contributed by atoms with van der Waals surface area (Å²) in [5.74, 6) is -0.655. The molecule has 4 heteroatoms. The third-order valence-corrected chi connectivity index (χ3v) is 3.59. The van der Waals surface area contributed by atoms with Gasteiger partial charge in [0.1, 0.15) is 5.82 Å². The largest absolute Gasteiger partial charge is 0.271 e. The topological polar surface area (TPSA) is 41.5 Å². The minimum atomic E-state index is -0.352. The van der Waals surface area contributed by atoms with Crippen LogP contribution in [0.1, 0.15) is 55.8 Å². The molecule has 0 saturated heterocycles. The van der Waals surface area contributed by atoms with Gasteiger partial charge < -0.3 is 0 Å². The number of allylic oxidation sites excluding steroid dienone is 2. The van der Waals surface area contributed by atoms with E-state index in [-0.39, 0.29) is 11.7 Å². The Labute approximate surface area is 124 Å². The summed E-state index contributed by atoms with van der Waals surface area (Å²) >= 11 is 0. The molecule has 0 fully saturated rings. The molecular formula is C17H21FN2O. The summed E-state index contributed by atoms with van der Waals surface area (Å²) in [6.07, 6.45) is 8.68. The third kappa shape index (κ3) is 4.52. The molecule has 1 N–H and O–H groups in total. The molecule has 0 atom stereocenters. The van der Waals surface area contributed by atoms with Crippen LogP contribution in [-0.2, 0) is 0 Å². The number of benzene rings is 1. The van der Waals surface area contributed by atoms with Gasteiger partial charge in [-0.2, -0.15) is 5.10 Å². The fraction of sp³-hybridized carbons (Fsp3) is 0.412. The van der Waals surface area contributed by atoms with E-state index in [1.165, 1.54) is 42.7 Å². The van der Waals surface area contributed by atoms with Gasteiger partial charge in [0, 0.05) is 5.56 Å². The normalized spacial score (nSPS) is 16.1. The van der Waals surface area contributed by atoms with Crippen molar-refractivity contribution in [2.45, 2.75) is 45.4 Å². The lowest BCUT2D eigenvalue weighted by molar-refractivity contribution is 0.0954. The van der Waals surface area contributed by atoms with Crippen LogP contribution in [0.4, 0.5) is 4.39 Å². The second-order valence-electron chi connectivity index (χ2n) is 5.23. The van der Waals surface area contributed by atoms with Crippen molar-refractivity contribution in [3.05, 3.63) is 47.3 Å². The van der Waals surface area contributed by atoms with Gasteiger partial charge in [0.05, 0.1) is 5.71 Å². The molecule has 3 nitrogen and oxygen atoms in total. The molecule has 0 aromatic heterocycles. The lowest BCUT2D eigenvalue weighted by Crippen LogP contribution is -2.19. The highest BCUT2D eigenvalue weighted by molar-refractivity contribution is 6.03. The van der Waals surface area contributed by atoms with Crippen molar-refractivity contribution in [3.63, 3.8) is 0 Å². The molecule has 21 heavy (non-hydrogen) atoms. The first-order chi connectivity index (χ1) is 10.2. The maximum absolute atomic E-state index is 12.8. The maximum Gasteiger partial charge on any atom is 0.271 e. The van der Waals surface area contributed by atoms with Crippen molar-refractivity contribution in [1.29, 1.82) is 0 Å². The molecule has 1 aliphatic carbocycles. The molecule has 1 aromatic carbocycles. The SMILES string of the molecule is CCCCCC1=CCCC1=NNC(=O)c1ccc(F)cc1. The molecular weight excluding hydrogens is 267 g/mol. The van der Waals surface area contributed by atoms with Crippen molar-refractivity contribution >= 4 is 11.6 Å². The zero-order valence-corrected chi connectivity index (χ0v) is 12.4. The van der Waals surface area contributed by atoms with Crippen LogP contribution in [0, 0.1) is 5.82 Å². The number of nitrogens with zero attached hydrogens (tertiary/aromatic N) is 1. The first-order valence-corrected chi connectivity index (χ1v) is 7.52. The lowest BCUT2D eigenvalue weighted by atomic mass is 10.1. The molecule has 0 saturated carbocycles. The molecule has 0 unspecified atom stereocenters. The summed E-state index contributed by atoms with van der Waals surface area (Å²) in [5.41, 5.74) is 5.21. The molecule has 1 aliphatic rings. The van der Waals surface area contributed by atoms with Crippen molar-refractivity contribution < 1.29 is 9.18 Å². The number of nitrogens with one attached hydrogen (secondary N) is 1. The molecule has 1 aromatic rings. The van der Waals surface area contributed by atoms with Crippen LogP contribution in [0.3, 0.4) is 0 Å². The van der Waals surface area contributed by atoms with E-state index in [0.29, 0.717) is 5.56 Å². The predicted octanol–water partition coefficient (Wildman–Crippen LogP) is 4.21. The number of hydrogen-bond acceptors (Lipinski definition) is 2. The number of rotatable bonds is 6. The molecule has 112 valence electrons. The fourth-order valence-corrected chi connectivity index (χ4v) is 2.39. The smallest absolute Gasteiger partial charge is 0.267 e. The minimum Gasteiger partial charge on any atom is -0.267 e. The number of carbonyl (C=O) groups excluding carboxylic acids is 1. The van der Waals surface area contributed by atoms with E-state index in [0.717, 1.165) is 31.4 Å². The van der Waals surface area contributed by atoms with Gasteiger partial charge in [0.25, 0.3) is 5.91 Å². The van der Waals surface area contributed by atoms with E-state index in [9.17, 15) is 9.18 Å². The van der Waals surface area contributed by atoms with Gasteiger partial charge in [-0.3, -0.25) is 4.79 Å². The van der Waals surface area contributed by atoms with Crippen LogP contribution in [0.5, 0.6) is 0 Å². The van der Waals surface area contributed by atoms with Crippen LogP contribution >= 0.6 is 0 Å². The molecule has 0 spiro atoms. The molecule has 0 aliphatic heterocycles.